The number of ether oxygens (including phenoxy) is 1. The molecule has 0 saturated heterocycles. The van der Waals surface area contributed by atoms with Crippen molar-refractivity contribution in [3.05, 3.63) is 30.0 Å². The fraction of sp³-hybridized carbons (Fsp3) is 0.182. The van der Waals surface area contributed by atoms with Crippen LogP contribution in [-0.4, -0.2) is 17.2 Å². The van der Waals surface area contributed by atoms with Crippen LogP contribution in [0.5, 0.6) is 11.5 Å². The Morgan fingerprint density at radius 1 is 1.36 bits per heavy atom. The first kappa shape index (κ1) is 8.81. The van der Waals surface area contributed by atoms with Crippen molar-refractivity contribution in [2.45, 2.75) is 6.92 Å². The molecular weight excluding hydrogens is 178 g/mol. The van der Waals surface area contributed by atoms with Crippen molar-refractivity contribution in [1.82, 2.24) is 4.98 Å². The van der Waals surface area contributed by atoms with E-state index in [2.05, 4.69) is 4.98 Å². The molecular formula is C11H11NO2. The van der Waals surface area contributed by atoms with Crippen molar-refractivity contribution in [2.24, 2.45) is 0 Å². The summed E-state index contributed by atoms with van der Waals surface area (Å²) >= 11 is 0. The smallest absolute Gasteiger partial charge is 0.145 e. The molecule has 72 valence electrons. The molecule has 0 atom stereocenters. The fourth-order valence-electron chi connectivity index (χ4n) is 1.48. The zero-order valence-electron chi connectivity index (χ0n) is 8.11. The lowest BCUT2D eigenvalue weighted by Crippen LogP contribution is -1.89. The first-order chi connectivity index (χ1) is 6.72. The third-order valence-electron chi connectivity index (χ3n) is 2.24. The van der Waals surface area contributed by atoms with Crippen LogP contribution in [0, 0.1) is 6.92 Å². The van der Waals surface area contributed by atoms with E-state index in [0.29, 0.717) is 0 Å². The first-order valence-electron chi connectivity index (χ1n) is 4.34. The van der Waals surface area contributed by atoms with E-state index in [1.54, 1.807) is 13.2 Å². The lowest BCUT2D eigenvalue weighted by molar-refractivity contribution is 0.418. The number of hydrogen-bond acceptors (Lipinski definition) is 3. The van der Waals surface area contributed by atoms with Gasteiger partial charge in [-0.25, -0.2) is 4.98 Å². The number of benzene rings is 1. The minimum absolute atomic E-state index is 0.175. The molecule has 3 heteroatoms. The summed E-state index contributed by atoms with van der Waals surface area (Å²) in [7, 11) is 1.61. The third-order valence-corrected chi connectivity index (χ3v) is 2.24. The molecule has 0 amide bonds. The van der Waals surface area contributed by atoms with Crippen LogP contribution in [0.25, 0.3) is 10.9 Å². The number of aromatic nitrogens is 1. The summed E-state index contributed by atoms with van der Waals surface area (Å²) in [5.41, 5.74) is 1.86. The molecule has 0 fully saturated rings. The van der Waals surface area contributed by atoms with E-state index in [9.17, 15) is 5.11 Å². The first-order valence-corrected chi connectivity index (χ1v) is 4.34. The van der Waals surface area contributed by atoms with Gasteiger partial charge in [-0.2, -0.15) is 0 Å². The predicted molar refractivity (Wildman–Crippen MR) is 54.7 cm³/mol. The number of rotatable bonds is 1. The molecule has 0 aliphatic carbocycles. The minimum Gasteiger partial charge on any atom is -0.506 e. The van der Waals surface area contributed by atoms with E-state index in [-0.39, 0.29) is 5.75 Å². The van der Waals surface area contributed by atoms with Crippen molar-refractivity contribution >= 4 is 10.9 Å². The van der Waals surface area contributed by atoms with E-state index in [1.807, 2.05) is 19.1 Å². The molecule has 0 aliphatic rings. The summed E-state index contributed by atoms with van der Waals surface area (Å²) in [6.45, 7) is 1.98. The molecule has 1 aromatic carbocycles. The molecule has 0 radical (unpaired) electrons. The standard InChI is InChI=1S/C11H11NO2/c1-7-3-4-10(14-2)11-9(7)5-8(13)6-12-11/h3-6,13H,1-2H3. The van der Waals surface area contributed by atoms with Crippen LogP contribution in [0.15, 0.2) is 24.4 Å². The molecule has 2 rings (SSSR count). The van der Waals surface area contributed by atoms with Gasteiger partial charge in [-0.15, -0.1) is 0 Å². The zero-order chi connectivity index (χ0) is 10.1. The van der Waals surface area contributed by atoms with E-state index >= 15 is 0 Å². The van der Waals surface area contributed by atoms with E-state index in [4.69, 9.17) is 4.74 Å². The van der Waals surface area contributed by atoms with Gasteiger partial charge < -0.3 is 9.84 Å². The molecule has 14 heavy (non-hydrogen) atoms. The van der Waals surface area contributed by atoms with Crippen molar-refractivity contribution in [1.29, 1.82) is 0 Å². The van der Waals surface area contributed by atoms with Crippen LogP contribution in [0.2, 0.25) is 0 Å². The summed E-state index contributed by atoms with van der Waals surface area (Å²) in [5.74, 6) is 0.902. The van der Waals surface area contributed by atoms with Gasteiger partial charge in [-0.3, -0.25) is 0 Å². The van der Waals surface area contributed by atoms with Crippen LogP contribution in [0.4, 0.5) is 0 Å². The maximum Gasteiger partial charge on any atom is 0.145 e. The second-order valence-corrected chi connectivity index (χ2v) is 3.17. The Balaban J connectivity index is 2.84. The number of methoxy groups -OCH3 is 1. The zero-order valence-corrected chi connectivity index (χ0v) is 8.11. The Labute approximate surface area is 82.0 Å². The number of fused-ring (bicyclic) bond motifs is 1. The average molecular weight is 189 g/mol. The Morgan fingerprint density at radius 2 is 2.14 bits per heavy atom. The van der Waals surface area contributed by atoms with Gasteiger partial charge in [0.15, 0.2) is 0 Å². The summed E-state index contributed by atoms with van der Waals surface area (Å²) in [4.78, 5) is 4.14. The average Bonchev–Trinajstić information content (AvgIpc) is 2.19. The topological polar surface area (TPSA) is 42.4 Å². The number of aromatic hydroxyl groups is 1. The van der Waals surface area contributed by atoms with Gasteiger partial charge in [0.1, 0.15) is 17.0 Å². The number of pyridine rings is 1. The number of aryl methyl sites for hydroxylation is 1. The van der Waals surface area contributed by atoms with Gasteiger partial charge in [0, 0.05) is 5.39 Å². The molecule has 1 heterocycles. The van der Waals surface area contributed by atoms with Gasteiger partial charge in [-0.1, -0.05) is 6.07 Å². The molecule has 0 aliphatic heterocycles. The Bertz CT molecular complexity index is 480. The highest BCUT2D eigenvalue weighted by Gasteiger charge is 2.05. The van der Waals surface area contributed by atoms with Gasteiger partial charge in [0.2, 0.25) is 0 Å². The van der Waals surface area contributed by atoms with E-state index in [0.717, 1.165) is 22.2 Å². The van der Waals surface area contributed by atoms with Crippen molar-refractivity contribution in [2.75, 3.05) is 7.11 Å². The Morgan fingerprint density at radius 3 is 2.86 bits per heavy atom. The molecule has 0 unspecified atom stereocenters. The highest BCUT2D eigenvalue weighted by molar-refractivity contribution is 5.88. The van der Waals surface area contributed by atoms with Crippen LogP contribution in [-0.2, 0) is 0 Å². The lowest BCUT2D eigenvalue weighted by atomic mass is 10.1. The molecule has 0 bridgehead atoms. The van der Waals surface area contributed by atoms with Gasteiger partial charge in [-0.05, 0) is 24.6 Å². The van der Waals surface area contributed by atoms with Gasteiger partial charge in [0.05, 0.1) is 13.3 Å². The lowest BCUT2D eigenvalue weighted by Gasteiger charge is -2.06. The highest BCUT2D eigenvalue weighted by atomic mass is 16.5. The maximum atomic E-state index is 9.31. The molecule has 0 spiro atoms. The molecule has 3 nitrogen and oxygen atoms in total. The minimum atomic E-state index is 0.175. The SMILES string of the molecule is COc1ccc(C)c2cc(O)cnc12. The largest absolute Gasteiger partial charge is 0.506 e. The maximum absolute atomic E-state index is 9.31. The fourth-order valence-corrected chi connectivity index (χ4v) is 1.48. The van der Waals surface area contributed by atoms with Crippen LogP contribution in [0.1, 0.15) is 5.56 Å². The summed E-state index contributed by atoms with van der Waals surface area (Å²) in [5, 5.41) is 10.2. The second-order valence-electron chi connectivity index (χ2n) is 3.17. The highest BCUT2D eigenvalue weighted by Crippen LogP contribution is 2.28. The third kappa shape index (κ3) is 1.27. The molecule has 2 aromatic rings. The molecule has 0 saturated carbocycles. The van der Waals surface area contributed by atoms with Crippen LogP contribution < -0.4 is 4.74 Å². The summed E-state index contributed by atoms with van der Waals surface area (Å²) in [6, 6.07) is 5.52. The van der Waals surface area contributed by atoms with Crippen LogP contribution >= 0.6 is 0 Å². The molecule has 1 N–H and O–H groups in total. The quantitative estimate of drug-likeness (QED) is 0.748. The van der Waals surface area contributed by atoms with Gasteiger partial charge >= 0.3 is 0 Å². The molecule has 1 aromatic heterocycles. The second kappa shape index (κ2) is 3.18. The normalized spacial score (nSPS) is 10.4. The van der Waals surface area contributed by atoms with Crippen molar-refractivity contribution in [3.63, 3.8) is 0 Å². The number of nitrogens with zero attached hydrogens (tertiary/aromatic N) is 1. The van der Waals surface area contributed by atoms with E-state index < -0.39 is 0 Å². The summed E-state index contributed by atoms with van der Waals surface area (Å²) < 4.78 is 5.18. The predicted octanol–water partition coefficient (Wildman–Crippen LogP) is 2.26. The van der Waals surface area contributed by atoms with Crippen LogP contribution in [0.3, 0.4) is 0 Å². The van der Waals surface area contributed by atoms with Crippen molar-refractivity contribution in [3.8, 4) is 11.5 Å². The van der Waals surface area contributed by atoms with Gasteiger partial charge in [0.25, 0.3) is 0 Å². The number of hydrogen-bond donors (Lipinski definition) is 1. The Hall–Kier alpha value is -1.77. The van der Waals surface area contributed by atoms with E-state index in [1.165, 1.54) is 6.20 Å². The summed E-state index contributed by atoms with van der Waals surface area (Å²) in [6.07, 6.45) is 1.42. The Kier molecular flexibility index (Phi) is 2.00. The van der Waals surface area contributed by atoms with Crippen molar-refractivity contribution < 1.29 is 9.84 Å². The monoisotopic (exact) mass is 189 g/mol.